The van der Waals surface area contributed by atoms with Crippen molar-refractivity contribution < 1.29 is 4.74 Å². The maximum Gasteiger partial charge on any atom is 0.115 e. The molecule has 2 rings (SSSR count). The highest BCUT2D eigenvalue weighted by Gasteiger charge is 2.20. The molecule has 0 saturated heterocycles. The fraction of sp³-hybridized carbons (Fsp3) is 0.500. The summed E-state index contributed by atoms with van der Waals surface area (Å²) in [6.07, 6.45) is 3.86. The van der Waals surface area contributed by atoms with Crippen molar-refractivity contribution in [1.29, 1.82) is 0 Å². The van der Waals surface area contributed by atoms with Crippen molar-refractivity contribution in [3.05, 3.63) is 28.5 Å². The normalized spacial score (nSPS) is 17.8. The van der Waals surface area contributed by atoms with Crippen molar-refractivity contribution in [2.24, 2.45) is 11.7 Å². The van der Waals surface area contributed by atoms with Crippen LogP contribution in [0.1, 0.15) is 37.1 Å². The van der Waals surface area contributed by atoms with Gasteiger partial charge in [0.15, 0.2) is 0 Å². The van der Waals surface area contributed by atoms with Crippen LogP contribution in [0.3, 0.4) is 0 Å². The van der Waals surface area contributed by atoms with Crippen molar-refractivity contribution in [2.45, 2.75) is 31.9 Å². The fourth-order valence-corrected chi connectivity index (χ4v) is 1.99. The van der Waals surface area contributed by atoms with E-state index in [2.05, 4.69) is 16.8 Å². The van der Waals surface area contributed by atoms with Crippen LogP contribution >= 0.6 is 11.6 Å². The largest absolute Gasteiger partial charge is 0.373 e. The van der Waals surface area contributed by atoms with Gasteiger partial charge in [0, 0.05) is 30.8 Å². The van der Waals surface area contributed by atoms with Gasteiger partial charge in [0.1, 0.15) is 6.10 Å². The molecule has 4 heteroatoms. The van der Waals surface area contributed by atoms with Gasteiger partial charge in [-0.1, -0.05) is 23.4 Å². The second-order valence-electron chi connectivity index (χ2n) is 4.65. The van der Waals surface area contributed by atoms with Crippen molar-refractivity contribution in [3.63, 3.8) is 0 Å². The molecule has 0 spiro atoms. The third-order valence-electron chi connectivity index (χ3n) is 2.87. The van der Waals surface area contributed by atoms with Crippen molar-refractivity contribution in [1.82, 2.24) is 4.98 Å². The molecule has 96 valence electrons. The van der Waals surface area contributed by atoms with E-state index in [1.165, 1.54) is 12.8 Å². The summed E-state index contributed by atoms with van der Waals surface area (Å²) >= 11 is 6.21. The molecule has 1 aliphatic rings. The molecule has 3 nitrogen and oxygen atoms in total. The molecule has 0 bridgehead atoms. The SMILES string of the molecule is COC(c1ncc(C#CC2CC2)cc1Cl)C(C)N. The highest BCUT2D eigenvalue weighted by molar-refractivity contribution is 6.31. The molecule has 2 atom stereocenters. The van der Waals surface area contributed by atoms with Gasteiger partial charge in [0.2, 0.25) is 0 Å². The molecule has 0 radical (unpaired) electrons. The van der Waals surface area contributed by atoms with Crippen molar-refractivity contribution in [3.8, 4) is 11.8 Å². The number of aromatic nitrogens is 1. The summed E-state index contributed by atoms with van der Waals surface area (Å²) in [6.45, 7) is 1.87. The molecule has 1 aliphatic carbocycles. The van der Waals surface area contributed by atoms with E-state index in [1.807, 2.05) is 13.0 Å². The van der Waals surface area contributed by atoms with E-state index in [9.17, 15) is 0 Å². The van der Waals surface area contributed by atoms with E-state index in [1.54, 1.807) is 13.3 Å². The molecule has 2 unspecified atom stereocenters. The molecule has 1 aromatic heterocycles. The molecule has 2 N–H and O–H groups in total. The summed E-state index contributed by atoms with van der Waals surface area (Å²) < 4.78 is 5.32. The van der Waals surface area contributed by atoms with Gasteiger partial charge in [-0.25, -0.2) is 0 Å². The van der Waals surface area contributed by atoms with Crippen LogP contribution in [-0.2, 0) is 4.74 Å². The number of hydrogen-bond acceptors (Lipinski definition) is 3. The number of ether oxygens (including phenoxy) is 1. The molecular formula is C14H17ClN2O. The minimum absolute atomic E-state index is 0.164. The summed E-state index contributed by atoms with van der Waals surface area (Å²) in [5, 5.41) is 0.557. The summed E-state index contributed by atoms with van der Waals surface area (Å²) in [6, 6.07) is 1.66. The van der Waals surface area contributed by atoms with Gasteiger partial charge in [-0.2, -0.15) is 0 Å². The Balaban J connectivity index is 2.21. The molecule has 0 amide bonds. The van der Waals surface area contributed by atoms with E-state index in [-0.39, 0.29) is 12.1 Å². The number of methoxy groups -OCH3 is 1. The van der Waals surface area contributed by atoms with Crippen molar-refractivity contribution >= 4 is 11.6 Å². The van der Waals surface area contributed by atoms with E-state index in [4.69, 9.17) is 22.1 Å². The molecule has 1 aromatic rings. The van der Waals surface area contributed by atoms with E-state index in [0.29, 0.717) is 16.6 Å². The van der Waals surface area contributed by atoms with Crippen LogP contribution in [0.4, 0.5) is 0 Å². The average molecular weight is 265 g/mol. The minimum Gasteiger partial charge on any atom is -0.373 e. The Morgan fingerprint density at radius 3 is 2.78 bits per heavy atom. The maximum absolute atomic E-state index is 6.21. The molecule has 0 aromatic carbocycles. The van der Waals surface area contributed by atoms with Gasteiger partial charge >= 0.3 is 0 Å². The predicted octanol–water partition coefficient (Wildman–Crippen LogP) is 2.53. The van der Waals surface area contributed by atoms with Crippen LogP contribution in [0, 0.1) is 17.8 Å². The number of halogens is 1. The zero-order valence-corrected chi connectivity index (χ0v) is 11.4. The lowest BCUT2D eigenvalue weighted by atomic mass is 10.1. The Hall–Kier alpha value is -1.08. The van der Waals surface area contributed by atoms with Crippen molar-refractivity contribution in [2.75, 3.05) is 7.11 Å². The number of nitrogens with two attached hydrogens (primary N) is 1. The van der Waals surface area contributed by atoms with Gasteiger partial charge in [-0.05, 0) is 25.8 Å². The van der Waals surface area contributed by atoms with Gasteiger partial charge in [0.05, 0.1) is 10.7 Å². The first-order valence-corrected chi connectivity index (χ1v) is 6.45. The molecule has 1 heterocycles. The Labute approximate surface area is 113 Å². The number of nitrogens with zero attached hydrogens (tertiary/aromatic N) is 1. The molecular weight excluding hydrogens is 248 g/mol. The minimum atomic E-state index is -0.289. The lowest BCUT2D eigenvalue weighted by Crippen LogP contribution is -2.27. The predicted molar refractivity (Wildman–Crippen MR) is 72.2 cm³/mol. The van der Waals surface area contributed by atoms with Gasteiger partial charge < -0.3 is 10.5 Å². The van der Waals surface area contributed by atoms with Gasteiger partial charge in [-0.15, -0.1) is 0 Å². The van der Waals surface area contributed by atoms with Gasteiger partial charge in [0.25, 0.3) is 0 Å². The second kappa shape index (κ2) is 5.71. The zero-order valence-electron chi connectivity index (χ0n) is 10.6. The van der Waals surface area contributed by atoms with Crippen LogP contribution in [-0.4, -0.2) is 18.1 Å². The number of hydrogen-bond donors (Lipinski definition) is 1. The quantitative estimate of drug-likeness (QED) is 0.854. The van der Waals surface area contributed by atoms with E-state index >= 15 is 0 Å². The Kier molecular flexibility index (Phi) is 4.23. The fourth-order valence-electron chi connectivity index (χ4n) is 1.71. The molecule has 1 fully saturated rings. The van der Waals surface area contributed by atoms with Gasteiger partial charge in [-0.3, -0.25) is 4.98 Å². The van der Waals surface area contributed by atoms with Crippen LogP contribution < -0.4 is 5.73 Å². The standard InChI is InChI=1S/C14H17ClN2O/c1-9(16)14(18-2)13-12(15)7-11(8-17-13)6-5-10-3-4-10/h7-10,14H,3-4,16H2,1-2H3. The first-order valence-electron chi connectivity index (χ1n) is 6.07. The van der Waals surface area contributed by atoms with E-state index in [0.717, 1.165) is 5.56 Å². The number of rotatable bonds is 3. The molecule has 0 aliphatic heterocycles. The number of pyridine rings is 1. The molecule has 1 saturated carbocycles. The summed E-state index contributed by atoms with van der Waals surface area (Å²) in [4.78, 5) is 4.33. The maximum atomic E-state index is 6.21. The first kappa shape index (κ1) is 13.4. The van der Waals surface area contributed by atoms with E-state index < -0.39 is 0 Å². The topological polar surface area (TPSA) is 48.1 Å². The Bertz CT molecular complexity index is 486. The van der Waals surface area contributed by atoms with Crippen LogP contribution in [0.25, 0.3) is 0 Å². The second-order valence-corrected chi connectivity index (χ2v) is 5.06. The first-order chi connectivity index (χ1) is 8.61. The van der Waals surface area contributed by atoms with Crippen LogP contribution in [0.2, 0.25) is 5.02 Å². The Morgan fingerprint density at radius 1 is 1.56 bits per heavy atom. The summed E-state index contributed by atoms with van der Waals surface area (Å²) in [5.41, 5.74) is 7.36. The third kappa shape index (κ3) is 3.23. The van der Waals surface area contributed by atoms with Crippen LogP contribution in [0.5, 0.6) is 0 Å². The average Bonchev–Trinajstić information content (AvgIpc) is 3.13. The monoisotopic (exact) mass is 264 g/mol. The Morgan fingerprint density at radius 2 is 2.28 bits per heavy atom. The lowest BCUT2D eigenvalue weighted by molar-refractivity contribution is 0.0819. The smallest absolute Gasteiger partial charge is 0.115 e. The van der Waals surface area contributed by atoms with Crippen LogP contribution in [0.15, 0.2) is 12.3 Å². The summed E-state index contributed by atoms with van der Waals surface area (Å²) in [5.74, 6) is 6.84. The zero-order chi connectivity index (χ0) is 13.1. The third-order valence-corrected chi connectivity index (χ3v) is 3.17. The highest BCUT2D eigenvalue weighted by Crippen LogP contribution is 2.28. The highest BCUT2D eigenvalue weighted by atomic mass is 35.5. The molecule has 18 heavy (non-hydrogen) atoms. The summed E-state index contributed by atoms with van der Waals surface area (Å²) in [7, 11) is 1.60. The lowest BCUT2D eigenvalue weighted by Gasteiger charge is -2.19.